The van der Waals surface area contributed by atoms with E-state index >= 15 is 0 Å². The van der Waals surface area contributed by atoms with Crippen molar-refractivity contribution in [2.24, 2.45) is 0 Å². The van der Waals surface area contributed by atoms with E-state index in [1.54, 1.807) is 0 Å². The second-order valence-corrected chi connectivity index (χ2v) is 5.58. The Morgan fingerprint density at radius 2 is 2.28 bits per heavy atom. The van der Waals surface area contributed by atoms with Crippen molar-refractivity contribution in [3.63, 3.8) is 0 Å². The first kappa shape index (κ1) is 11.7. The zero-order valence-corrected chi connectivity index (χ0v) is 11.5. The Labute approximate surface area is 113 Å². The van der Waals surface area contributed by atoms with Crippen molar-refractivity contribution in [2.75, 3.05) is 0 Å². The fraction of sp³-hybridized carbons (Fsp3) is 0.286. The van der Waals surface area contributed by atoms with Crippen LogP contribution < -0.4 is 0 Å². The van der Waals surface area contributed by atoms with Crippen molar-refractivity contribution < 1.29 is 9.90 Å². The molecule has 0 fully saturated rings. The molecule has 1 aromatic carbocycles. The molecule has 0 amide bonds. The van der Waals surface area contributed by atoms with Gasteiger partial charge in [0.2, 0.25) is 0 Å². The normalized spacial score (nSPS) is 18.0. The van der Waals surface area contributed by atoms with Crippen LogP contribution >= 0.6 is 15.9 Å². The predicted molar refractivity (Wildman–Crippen MR) is 73.1 cm³/mol. The Balaban J connectivity index is 2.49. The molecule has 1 aliphatic rings. The minimum absolute atomic E-state index is 0.349. The first-order valence-electron chi connectivity index (χ1n) is 5.94. The number of hydrogen-bond acceptors (Lipinski definition) is 2. The SMILES string of the molecule is CC1CCc2c1nc1cccc(Br)c1c2C(=O)O. The van der Waals surface area contributed by atoms with Crippen molar-refractivity contribution >= 4 is 32.8 Å². The van der Waals surface area contributed by atoms with E-state index < -0.39 is 5.97 Å². The van der Waals surface area contributed by atoms with Crippen molar-refractivity contribution in [1.82, 2.24) is 4.98 Å². The minimum Gasteiger partial charge on any atom is -0.478 e. The van der Waals surface area contributed by atoms with Crippen LogP contribution in [0.25, 0.3) is 10.9 Å². The van der Waals surface area contributed by atoms with Crippen molar-refractivity contribution in [3.8, 4) is 0 Å². The van der Waals surface area contributed by atoms with E-state index in [-0.39, 0.29) is 0 Å². The third-order valence-electron chi connectivity index (χ3n) is 3.60. The van der Waals surface area contributed by atoms with Crippen LogP contribution in [0.3, 0.4) is 0 Å². The molecule has 18 heavy (non-hydrogen) atoms. The van der Waals surface area contributed by atoms with Crippen molar-refractivity contribution in [2.45, 2.75) is 25.7 Å². The number of pyridine rings is 1. The largest absolute Gasteiger partial charge is 0.478 e. The van der Waals surface area contributed by atoms with E-state index in [4.69, 9.17) is 0 Å². The third kappa shape index (κ3) is 1.56. The average Bonchev–Trinajstić information content (AvgIpc) is 2.69. The molecule has 0 saturated heterocycles. The number of benzene rings is 1. The van der Waals surface area contributed by atoms with E-state index in [2.05, 4.69) is 27.8 Å². The highest BCUT2D eigenvalue weighted by molar-refractivity contribution is 9.10. The number of carboxylic acid groups (broad SMARTS) is 1. The summed E-state index contributed by atoms with van der Waals surface area (Å²) in [5.74, 6) is -0.513. The molecule has 0 saturated carbocycles. The van der Waals surface area contributed by atoms with Gasteiger partial charge >= 0.3 is 5.97 Å². The molecule has 0 spiro atoms. The van der Waals surface area contributed by atoms with Gasteiger partial charge in [-0.05, 0) is 36.5 Å². The van der Waals surface area contributed by atoms with Gasteiger partial charge in [-0.3, -0.25) is 4.98 Å². The third-order valence-corrected chi connectivity index (χ3v) is 4.26. The highest BCUT2D eigenvalue weighted by Crippen LogP contribution is 2.38. The number of hydrogen-bond donors (Lipinski definition) is 1. The summed E-state index contributed by atoms with van der Waals surface area (Å²) in [4.78, 5) is 16.2. The quantitative estimate of drug-likeness (QED) is 0.873. The number of carboxylic acids is 1. The molecule has 3 rings (SSSR count). The van der Waals surface area contributed by atoms with Crippen LogP contribution in [0, 0.1) is 0 Å². The molecule has 1 atom stereocenters. The predicted octanol–water partition coefficient (Wildman–Crippen LogP) is 3.75. The molecular formula is C14H12BrNO2. The van der Waals surface area contributed by atoms with Crippen molar-refractivity contribution in [3.05, 3.63) is 39.5 Å². The van der Waals surface area contributed by atoms with E-state index in [9.17, 15) is 9.90 Å². The van der Waals surface area contributed by atoms with Gasteiger partial charge in [0, 0.05) is 15.6 Å². The lowest BCUT2D eigenvalue weighted by molar-refractivity contribution is 0.0698. The number of halogens is 1. The number of aromatic nitrogens is 1. The number of fused-ring (bicyclic) bond motifs is 2. The lowest BCUT2D eigenvalue weighted by Gasteiger charge is -2.11. The molecule has 1 aromatic heterocycles. The Morgan fingerprint density at radius 1 is 1.50 bits per heavy atom. The number of carbonyl (C=O) groups is 1. The Bertz CT molecular complexity index is 666. The van der Waals surface area contributed by atoms with E-state index in [1.807, 2.05) is 18.2 Å². The lowest BCUT2D eigenvalue weighted by atomic mass is 10.0. The average molecular weight is 306 g/mol. The van der Waals surface area contributed by atoms with Gasteiger partial charge in [-0.1, -0.05) is 28.9 Å². The Morgan fingerprint density at radius 3 is 3.00 bits per heavy atom. The molecule has 0 radical (unpaired) electrons. The monoisotopic (exact) mass is 305 g/mol. The topological polar surface area (TPSA) is 50.2 Å². The minimum atomic E-state index is -0.861. The van der Waals surface area contributed by atoms with Crippen LogP contribution in [-0.2, 0) is 6.42 Å². The van der Waals surface area contributed by atoms with Crippen LogP contribution in [0.5, 0.6) is 0 Å². The summed E-state index contributed by atoms with van der Waals surface area (Å²) in [5, 5.41) is 10.2. The molecule has 1 aliphatic carbocycles. The molecule has 2 aromatic rings. The maximum absolute atomic E-state index is 11.6. The fourth-order valence-electron chi connectivity index (χ4n) is 2.72. The second kappa shape index (κ2) is 4.05. The highest BCUT2D eigenvalue weighted by atomic mass is 79.9. The molecule has 1 N–H and O–H groups in total. The zero-order valence-electron chi connectivity index (χ0n) is 9.90. The summed E-state index contributed by atoms with van der Waals surface area (Å²) in [6.45, 7) is 2.11. The van der Waals surface area contributed by atoms with Gasteiger partial charge in [0.1, 0.15) is 0 Å². The molecule has 0 bridgehead atoms. The highest BCUT2D eigenvalue weighted by Gasteiger charge is 2.28. The number of rotatable bonds is 1. The van der Waals surface area contributed by atoms with E-state index in [0.717, 1.165) is 39.5 Å². The van der Waals surface area contributed by atoms with Gasteiger partial charge in [-0.25, -0.2) is 4.79 Å². The molecule has 3 nitrogen and oxygen atoms in total. The Kier molecular flexibility index (Phi) is 2.63. The summed E-state index contributed by atoms with van der Waals surface area (Å²) < 4.78 is 0.798. The molecule has 92 valence electrons. The van der Waals surface area contributed by atoms with Gasteiger partial charge in [-0.15, -0.1) is 0 Å². The van der Waals surface area contributed by atoms with E-state index in [0.29, 0.717) is 11.5 Å². The van der Waals surface area contributed by atoms with Gasteiger partial charge in [0.05, 0.1) is 11.1 Å². The van der Waals surface area contributed by atoms with Crippen LogP contribution in [0.1, 0.15) is 40.9 Å². The van der Waals surface area contributed by atoms with Crippen LogP contribution in [-0.4, -0.2) is 16.1 Å². The summed E-state index contributed by atoms with van der Waals surface area (Å²) in [5.41, 5.74) is 3.05. The number of nitrogens with zero attached hydrogens (tertiary/aromatic N) is 1. The smallest absolute Gasteiger partial charge is 0.336 e. The van der Waals surface area contributed by atoms with Gasteiger partial charge < -0.3 is 5.11 Å². The summed E-state index contributed by atoms with van der Waals surface area (Å²) in [6, 6.07) is 5.62. The Hall–Kier alpha value is -1.42. The van der Waals surface area contributed by atoms with Gasteiger partial charge in [-0.2, -0.15) is 0 Å². The van der Waals surface area contributed by atoms with Gasteiger partial charge in [0.25, 0.3) is 0 Å². The molecular weight excluding hydrogens is 294 g/mol. The second-order valence-electron chi connectivity index (χ2n) is 4.73. The maximum atomic E-state index is 11.6. The lowest BCUT2D eigenvalue weighted by Crippen LogP contribution is -2.06. The summed E-state index contributed by atoms with van der Waals surface area (Å²) in [7, 11) is 0. The maximum Gasteiger partial charge on any atom is 0.336 e. The van der Waals surface area contributed by atoms with Crippen LogP contribution in [0.2, 0.25) is 0 Å². The fourth-order valence-corrected chi connectivity index (χ4v) is 3.28. The van der Waals surface area contributed by atoms with E-state index in [1.165, 1.54) is 0 Å². The molecule has 1 heterocycles. The van der Waals surface area contributed by atoms with Crippen LogP contribution in [0.15, 0.2) is 22.7 Å². The molecule has 4 heteroatoms. The number of aromatic carboxylic acids is 1. The van der Waals surface area contributed by atoms with Crippen LogP contribution in [0.4, 0.5) is 0 Å². The summed E-state index contributed by atoms with van der Waals surface area (Å²) >= 11 is 3.44. The first-order chi connectivity index (χ1) is 8.59. The standard InChI is InChI=1S/C14H12BrNO2/c1-7-5-6-8-11(14(17)18)12-9(15)3-2-4-10(12)16-13(7)8/h2-4,7H,5-6H2,1H3,(H,17,18). The van der Waals surface area contributed by atoms with Crippen molar-refractivity contribution in [1.29, 1.82) is 0 Å². The summed E-state index contributed by atoms with van der Waals surface area (Å²) in [6.07, 6.45) is 1.79. The zero-order chi connectivity index (χ0) is 12.9. The molecule has 1 unspecified atom stereocenters. The first-order valence-corrected chi connectivity index (χ1v) is 6.73. The van der Waals surface area contributed by atoms with Gasteiger partial charge in [0.15, 0.2) is 0 Å². The molecule has 0 aliphatic heterocycles.